The molecule has 0 aliphatic carbocycles. The number of rotatable bonds is 4. The number of anilines is 1. The number of nitrogens with one attached hydrogen (secondary N) is 1. The summed E-state index contributed by atoms with van der Waals surface area (Å²) >= 11 is 0. The molecule has 0 aromatic heterocycles. The summed E-state index contributed by atoms with van der Waals surface area (Å²) in [6.45, 7) is 2.65. The minimum Gasteiger partial charge on any atom is -0.449 e. The SMILES string of the molecule is CC1(C)OC(=O)C(=CNc2ccc(F)cc2Oc2c(F)cc(C(F)(F)F)cc2F)C(=O)O1. The normalized spacial score (nSPS) is 15.7. The molecule has 2 aromatic rings. The van der Waals surface area contributed by atoms with E-state index in [0.717, 1.165) is 18.3 Å². The minimum absolute atomic E-state index is 0.0164. The number of cyclic esters (lactones) is 2. The highest BCUT2D eigenvalue weighted by Crippen LogP contribution is 2.37. The Morgan fingerprint density at radius 1 is 0.969 bits per heavy atom. The van der Waals surface area contributed by atoms with Gasteiger partial charge in [0.05, 0.1) is 11.3 Å². The van der Waals surface area contributed by atoms with Crippen LogP contribution >= 0.6 is 0 Å². The van der Waals surface area contributed by atoms with E-state index in [4.69, 9.17) is 14.2 Å². The quantitative estimate of drug-likeness (QED) is 0.298. The number of carbonyl (C=O) groups excluding carboxylic acids is 2. The highest BCUT2D eigenvalue weighted by atomic mass is 19.4. The number of hydrogen-bond acceptors (Lipinski definition) is 6. The predicted molar refractivity (Wildman–Crippen MR) is 95.8 cm³/mol. The van der Waals surface area contributed by atoms with E-state index in [1.54, 1.807) is 0 Å². The third-order valence-electron chi connectivity index (χ3n) is 3.97. The molecule has 1 aliphatic heterocycles. The molecule has 1 N–H and O–H groups in total. The van der Waals surface area contributed by atoms with Gasteiger partial charge < -0.3 is 19.5 Å². The van der Waals surface area contributed by atoms with E-state index in [-0.39, 0.29) is 17.8 Å². The fourth-order valence-corrected chi connectivity index (χ4v) is 2.56. The number of benzene rings is 2. The average molecular weight is 461 g/mol. The molecule has 1 saturated heterocycles. The molecular formula is C20H13F6NO5. The molecule has 0 unspecified atom stereocenters. The van der Waals surface area contributed by atoms with Gasteiger partial charge in [0.25, 0.3) is 5.79 Å². The lowest BCUT2D eigenvalue weighted by Gasteiger charge is -2.29. The van der Waals surface area contributed by atoms with Gasteiger partial charge in [0.1, 0.15) is 5.82 Å². The van der Waals surface area contributed by atoms with Gasteiger partial charge in [-0.25, -0.2) is 22.8 Å². The molecule has 0 saturated carbocycles. The van der Waals surface area contributed by atoms with E-state index < -0.39 is 64.0 Å². The van der Waals surface area contributed by atoms with Crippen molar-refractivity contribution in [2.75, 3.05) is 5.32 Å². The summed E-state index contributed by atoms with van der Waals surface area (Å²) in [5.74, 6) is -9.64. The first-order valence-corrected chi connectivity index (χ1v) is 8.74. The van der Waals surface area contributed by atoms with Crippen molar-refractivity contribution in [1.29, 1.82) is 0 Å². The van der Waals surface area contributed by atoms with Crippen molar-refractivity contribution < 1.29 is 50.1 Å². The largest absolute Gasteiger partial charge is 0.449 e. The molecule has 6 nitrogen and oxygen atoms in total. The molecule has 1 heterocycles. The monoisotopic (exact) mass is 461 g/mol. The molecule has 1 fully saturated rings. The maximum absolute atomic E-state index is 14.1. The van der Waals surface area contributed by atoms with Gasteiger partial charge >= 0.3 is 18.1 Å². The third-order valence-corrected chi connectivity index (χ3v) is 3.97. The van der Waals surface area contributed by atoms with Crippen LogP contribution in [-0.4, -0.2) is 17.7 Å². The maximum atomic E-state index is 14.1. The second-order valence-electron chi connectivity index (χ2n) is 6.89. The van der Waals surface area contributed by atoms with Gasteiger partial charge in [-0.3, -0.25) is 0 Å². The van der Waals surface area contributed by atoms with Gasteiger partial charge in [-0.15, -0.1) is 0 Å². The molecule has 0 atom stereocenters. The van der Waals surface area contributed by atoms with Gasteiger partial charge in [0, 0.05) is 26.1 Å². The first-order chi connectivity index (χ1) is 14.8. The zero-order valence-corrected chi connectivity index (χ0v) is 16.3. The molecule has 0 amide bonds. The molecule has 12 heteroatoms. The Morgan fingerprint density at radius 2 is 1.53 bits per heavy atom. The molecule has 170 valence electrons. The third kappa shape index (κ3) is 4.95. The Morgan fingerprint density at radius 3 is 2.06 bits per heavy atom. The highest BCUT2D eigenvalue weighted by molar-refractivity contribution is 6.15. The number of halogens is 6. The summed E-state index contributed by atoms with van der Waals surface area (Å²) < 4.78 is 94.7. The van der Waals surface area contributed by atoms with E-state index in [1.165, 1.54) is 13.8 Å². The molecule has 1 aliphatic rings. The fourth-order valence-electron chi connectivity index (χ4n) is 2.56. The van der Waals surface area contributed by atoms with E-state index in [1.807, 2.05) is 0 Å². The topological polar surface area (TPSA) is 73.9 Å². The van der Waals surface area contributed by atoms with Crippen LogP contribution in [0, 0.1) is 17.5 Å². The van der Waals surface area contributed by atoms with Gasteiger partial charge in [-0.05, 0) is 24.3 Å². The molecule has 3 rings (SSSR count). The summed E-state index contributed by atoms with van der Waals surface area (Å²) in [5.41, 5.74) is -2.35. The van der Waals surface area contributed by atoms with Gasteiger partial charge in [0.2, 0.25) is 0 Å². The van der Waals surface area contributed by atoms with Crippen LogP contribution in [0.4, 0.5) is 32.0 Å². The maximum Gasteiger partial charge on any atom is 0.416 e. The zero-order chi connectivity index (χ0) is 23.8. The number of alkyl halides is 3. The summed E-state index contributed by atoms with van der Waals surface area (Å²) in [6.07, 6.45) is -4.17. The van der Waals surface area contributed by atoms with E-state index >= 15 is 0 Å². The predicted octanol–water partition coefficient (Wildman–Crippen LogP) is 5.05. The van der Waals surface area contributed by atoms with Crippen molar-refractivity contribution in [2.24, 2.45) is 0 Å². The van der Waals surface area contributed by atoms with Crippen LogP contribution in [0.25, 0.3) is 0 Å². The number of carbonyl (C=O) groups is 2. The summed E-state index contributed by atoms with van der Waals surface area (Å²) in [6, 6.07) is 2.65. The molecular weight excluding hydrogens is 448 g/mol. The second kappa shape index (κ2) is 8.09. The molecule has 0 spiro atoms. The standard InChI is InChI=1S/C20H13F6NO5/c1-19(2)31-17(28)11(18(29)32-19)8-27-14-4-3-10(21)7-15(14)30-16-12(22)5-9(6-13(16)23)20(24,25)26/h3-8,27H,1-2H3. The minimum atomic E-state index is -5.00. The van der Waals surface area contributed by atoms with Crippen LogP contribution in [0.3, 0.4) is 0 Å². The Labute approximate surface area is 176 Å². The molecule has 0 radical (unpaired) electrons. The van der Waals surface area contributed by atoms with E-state index in [9.17, 15) is 35.9 Å². The van der Waals surface area contributed by atoms with Crippen molar-refractivity contribution in [3.63, 3.8) is 0 Å². The lowest BCUT2D eigenvalue weighted by atomic mass is 10.2. The number of hydrogen-bond donors (Lipinski definition) is 1. The Kier molecular flexibility index (Phi) is 5.81. The van der Waals surface area contributed by atoms with Crippen molar-refractivity contribution in [1.82, 2.24) is 0 Å². The van der Waals surface area contributed by atoms with E-state index in [2.05, 4.69) is 5.32 Å². The fraction of sp³-hybridized carbons (Fsp3) is 0.200. The van der Waals surface area contributed by atoms with Crippen molar-refractivity contribution in [2.45, 2.75) is 25.8 Å². The van der Waals surface area contributed by atoms with Gasteiger partial charge in [0.15, 0.2) is 28.7 Å². The molecule has 32 heavy (non-hydrogen) atoms. The smallest absolute Gasteiger partial charge is 0.416 e. The summed E-state index contributed by atoms with van der Waals surface area (Å²) in [7, 11) is 0. The Hall–Kier alpha value is -3.70. The van der Waals surface area contributed by atoms with Gasteiger partial charge in [-0.2, -0.15) is 13.2 Å². The van der Waals surface area contributed by atoms with Crippen molar-refractivity contribution in [3.05, 3.63) is 65.1 Å². The Balaban J connectivity index is 1.92. The summed E-state index contributed by atoms with van der Waals surface area (Å²) in [5, 5.41) is 2.41. The van der Waals surface area contributed by atoms with Crippen LogP contribution in [0.15, 0.2) is 42.1 Å². The Bertz CT molecular complexity index is 1080. The second-order valence-corrected chi connectivity index (χ2v) is 6.89. The van der Waals surface area contributed by atoms with E-state index in [0.29, 0.717) is 6.07 Å². The highest BCUT2D eigenvalue weighted by Gasteiger charge is 2.39. The first-order valence-electron chi connectivity index (χ1n) is 8.74. The van der Waals surface area contributed by atoms with Crippen LogP contribution in [0.5, 0.6) is 11.5 Å². The zero-order valence-electron chi connectivity index (χ0n) is 16.3. The summed E-state index contributed by atoms with van der Waals surface area (Å²) in [4.78, 5) is 23.9. The average Bonchev–Trinajstić information content (AvgIpc) is 2.63. The van der Waals surface area contributed by atoms with Crippen LogP contribution < -0.4 is 10.1 Å². The molecule has 2 aromatic carbocycles. The number of esters is 2. The first kappa shape index (κ1) is 23.0. The van der Waals surface area contributed by atoms with Crippen molar-refractivity contribution in [3.8, 4) is 11.5 Å². The van der Waals surface area contributed by atoms with Crippen LogP contribution in [-0.2, 0) is 25.2 Å². The molecule has 0 bridgehead atoms. The number of ether oxygens (including phenoxy) is 3. The van der Waals surface area contributed by atoms with Crippen LogP contribution in [0.2, 0.25) is 0 Å². The lowest BCUT2D eigenvalue weighted by Crippen LogP contribution is -2.42. The lowest BCUT2D eigenvalue weighted by molar-refractivity contribution is -0.222. The van der Waals surface area contributed by atoms with Crippen LogP contribution in [0.1, 0.15) is 19.4 Å². The van der Waals surface area contributed by atoms with Gasteiger partial charge in [-0.1, -0.05) is 0 Å². The van der Waals surface area contributed by atoms with Crippen molar-refractivity contribution >= 4 is 17.6 Å².